The molecular formula is C14H18BrNO. The maximum Gasteiger partial charge on any atom is 0.222 e. The summed E-state index contributed by atoms with van der Waals surface area (Å²) >= 11 is 3.56. The zero-order valence-corrected chi connectivity index (χ0v) is 11.7. The summed E-state index contributed by atoms with van der Waals surface area (Å²) in [5.74, 6) is 1.21. The van der Waals surface area contributed by atoms with E-state index in [1.165, 1.54) is 5.56 Å². The second-order valence-corrected chi connectivity index (χ2v) is 5.52. The van der Waals surface area contributed by atoms with Crippen molar-refractivity contribution < 1.29 is 4.79 Å². The van der Waals surface area contributed by atoms with Crippen LogP contribution >= 0.6 is 15.9 Å². The molecule has 1 aliphatic heterocycles. The number of rotatable bonds is 4. The lowest BCUT2D eigenvalue weighted by Crippen LogP contribution is -2.30. The van der Waals surface area contributed by atoms with Crippen LogP contribution in [0, 0.1) is 5.92 Å². The SMILES string of the molecule is CC1CC(=O)N(CC(CBr)c2ccccc2)C1. The maximum absolute atomic E-state index is 11.8. The first-order valence-corrected chi connectivity index (χ1v) is 7.21. The van der Waals surface area contributed by atoms with Crippen LogP contribution in [0.25, 0.3) is 0 Å². The van der Waals surface area contributed by atoms with Crippen molar-refractivity contribution in [1.29, 1.82) is 0 Å². The zero-order chi connectivity index (χ0) is 12.3. The number of hydrogen-bond acceptors (Lipinski definition) is 1. The van der Waals surface area contributed by atoms with Crippen molar-refractivity contribution in [2.24, 2.45) is 5.92 Å². The topological polar surface area (TPSA) is 20.3 Å². The van der Waals surface area contributed by atoms with Gasteiger partial charge in [-0.3, -0.25) is 4.79 Å². The molecule has 0 aliphatic carbocycles. The van der Waals surface area contributed by atoms with Gasteiger partial charge in [-0.05, 0) is 11.5 Å². The number of alkyl halides is 1. The lowest BCUT2D eigenvalue weighted by atomic mass is 10.0. The molecule has 0 aromatic heterocycles. The fourth-order valence-electron chi connectivity index (χ4n) is 2.38. The van der Waals surface area contributed by atoms with Crippen LogP contribution in [0.3, 0.4) is 0 Å². The molecule has 17 heavy (non-hydrogen) atoms. The number of likely N-dealkylation sites (tertiary alicyclic amines) is 1. The van der Waals surface area contributed by atoms with Gasteiger partial charge < -0.3 is 4.90 Å². The Balaban J connectivity index is 2.03. The van der Waals surface area contributed by atoms with E-state index in [4.69, 9.17) is 0 Å². The van der Waals surface area contributed by atoms with Crippen molar-refractivity contribution in [3.05, 3.63) is 35.9 Å². The number of carbonyl (C=O) groups is 1. The second kappa shape index (κ2) is 5.67. The van der Waals surface area contributed by atoms with Gasteiger partial charge in [-0.25, -0.2) is 0 Å². The second-order valence-electron chi connectivity index (χ2n) is 4.87. The number of hydrogen-bond donors (Lipinski definition) is 0. The minimum atomic E-state index is 0.305. The summed E-state index contributed by atoms with van der Waals surface area (Å²) in [6, 6.07) is 10.4. The van der Waals surface area contributed by atoms with E-state index in [-0.39, 0.29) is 0 Å². The normalized spacial score (nSPS) is 21.9. The summed E-state index contributed by atoms with van der Waals surface area (Å²) in [5.41, 5.74) is 1.30. The van der Waals surface area contributed by atoms with Crippen molar-refractivity contribution in [2.75, 3.05) is 18.4 Å². The largest absolute Gasteiger partial charge is 0.342 e. The van der Waals surface area contributed by atoms with Gasteiger partial charge in [0, 0.05) is 30.8 Å². The van der Waals surface area contributed by atoms with Crippen LogP contribution in [0.5, 0.6) is 0 Å². The Hall–Kier alpha value is -0.830. The molecule has 1 heterocycles. The van der Waals surface area contributed by atoms with Gasteiger partial charge in [-0.1, -0.05) is 53.2 Å². The Labute approximate surface area is 111 Å². The molecule has 92 valence electrons. The molecule has 1 amide bonds. The number of carbonyl (C=O) groups excluding carboxylic acids is 1. The number of benzene rings is 1. The summed E-state index contributed by atoms with van der Waals surface area (Å²) in [7, 11) is 0. The third-order valence-electron chi connectivity index (χ3n) is 3.31. The van der Waals surface area contributed by atoms with Crippen molar-refractivity contribution in [2.45, 2.75) is 19.3 Å². The van der Waals surface area contributed by atoms with Gasteiger partial charge in [0.1, 0.15) is 0 Å². The van der Waals surface area contributed by atoms with Gasteiger partial charge in [0.2, 0.25) is 5.91 Å². The summed E-state index contributed by atoms with van der Waals surface area (Å²) in [5, 5.41) is 0.898. The van der Waals surface area contributed by atoms with Gasteiger partial charge in [-0.2, -0.15) is 0 Å². The third kappa shape index (κ3) is 3.09. The maximum atomic E-state index is 11.8. The van der Waals surface area contributed by atoms with E-state index >= 15 is 0 Å². The summed E-state index contributed by atoms with van der Waals surface area (Å²) in [6.07, 6.45) is 0.712. The highest BCUT2D eigenvalue weighted by Crippen LogP contribution is 2.24. The summed E-state index contributed by atoms with van der Waals surface area (Å²) in [6.45, 7) is 3.89. The Morgan fingerprint density at radius 2 is 2.12 bits per heavy atom. The molecule has 2 rings (SSSR count). The molecule has 0 radical (unpaired) electrons. The molecule has 1 aliphatic rings. The van der Waals surface area contributed by atoms with E-state index < -0.39 is 0 Å². The molecule has 2 unspecified atom stereocenters. The van der Waals surface area contributed by atoms with Crippen molar-refractivity contribution >= 4 is 21.8 Å². The fraction of sp³-hybridized carbons (Fsp3) is 0.500. The molecule has 1 aromatic rings. The van der Waals surface area contributed by atoms with Crippen LogP contribution in [0.2, 0.25) is 0 Å². The lowest BCUT2D eigenvalue weighted by molar-refractivity contribution is -0.127. The number of nitrogens with zero attached hydrogens (tertiary/aromatic N) is 1. The van der Waals surface area contributed by atoms with Gasteiger partial charge in [-0.15, -0.1) is 0 Å². The van der Waals surface area contributed by atoms with E-state index in [9.17, 15) is 4.79 Å². The number of amides is 1. The van der Waals surface area contributed by atoms with Crippen LogP contribution in [0.4, 0.5) is 0 Å². The Morgan fingerprint density at radius 1 is 1.41 bits per heavy atom. The van der Waals surface area contributed by atoms with Crippen LogP contribution in [-0.4, -0.2) is 29.2 Å². The van der Waals surface area contributed by atoms with Crippen LogP contribution in [0.1, 0.15) is 24.8 Å². The molecule has 0 saturated carbocycles. The minimum absolute atomic E-state index is 0.305. The highest BCUT2D eigenvalue weighted by atomic mass is 79.9. The molecule has 2 atom stereocenters. The van der Waals surface area contributed by atoms with Gasteiger partial charge in [0.15, 0.2) is 0 Å². The molecule has 1 fully saturated rings. The van der Waals surface area contributed by atoms with Gasteiger partial charge in [0.05, 0.1) is 0 Å². The van der Waals surface area contributed by atoms with E-state index in [2.05, 4.69) is 47.1 Å². The zero-order valence-electron chi connectivity index (χ0n) is 10.1. The van der Waals surface area contributed by atoms with Crippen molar-refractivity contribution in [3.8, 4) is 0 Å². The first-order valence-electron chi connectivity index (χ1n) is 6.09. The van der Waals surface area contributed by atoms with Crippen LogP contribution in [0.15, 0.2) is 30.3 Å². The van der Waals surface area contributed by atoms with E-state index in [0.29, 0.717) is 24.2 Å². The van der Waals surface area contributed by atoms with Gasteiger partial charge in [0.25, 0.3) is 0 Å². The first kappa shape index (κ1) is 12.6. The quantitative estimate of drug-likeness (QED) is 0.782. The monoisotopic (exact) mass is 295 g/mol. The van der Waals surface area contributed by atoms with Gasteiger partial charge >= 0.3 is 0 Å². The molecule has 1 saturated heterocycles. The van der Waals surface area contributed by atoms with Crippen LogP contribution in [-0.2, 0) is 4.79 Å². The van der Waals surface area contributed by atoms with E-state index in [1.807, 2.05) is 11.0 Å². The standard InChI is InChI=1S/C14H18BrNO/c1-11-7-14(17)16(9-11)10-13(8-15)12-5-3-2-4-6-12/h2-6,11,13H,7-10H2,1H3. The lowest BCUT2D eigenvalue weighted by Gasteiger charge is -2.23. The summed E-state index contributed by atoms with van der Waals surface area (Å²) < 4.78 is 0. The Bertz CT molecular complexity index is 379. The highest BCUT2D eigenvalue weighted by molar-refractivity contribution is 9.09. The van der Waals surface area contributed by atoms with E-state index in [0.717, 1.165) is 18.4 Å². The number of halogens is 1. The van der Waals surface area contributed by atoms with E-state index in [1.54, 1.807) is 0 Å². The molecule has 0 spiro atoms. The molecular weight excluding hydrogens is 278 g/mol. The van der Waals surface area contributed by atoms with Crippen LogP contribution < -0.4 is 0 Å². The predicted octanol–water partition coefficient (Wildman–Crippen LogP) is 3.03. The molecule has 3 heteroatoms. The van der Waals surface area contributed by atoms with Crippen molar-refractivity contribution in [3.63, 3.8) is 0 Å². The first-order chi connectivity index (χ1) is 8.20. The Kier molecular flexibility index (Phi) is 4.21. The molecule has 0 bridgehead atoms. The third-order valence-corrected chi connectivity index (χ3v) is 4.09. The predicted molar refractivity (Wildman–Crippen MR) is 73.3 cm³/mol. The van der Waals surface area contributed by atoms with Crippen molar-refractivity contribution in [1.82, 2.24) is 4.90 Å². The average molecular weight is 296 g/mol. The molecule has 0 N–H and O–H groups in total. The summed E-state index contributed by atoms with van der Waals surface area (Å²) in [4.78, 5) is 13.8. The smallest absolute Gasteiger partial charge is 0.222 e. The highest BCUT2D eigenvalue weighted by Gasteiger charge is 2.28. The fourth-order valence-corrected chi connectivity index (χ4v) is 2.96. The molecule has 1 aromatic carbocycles. The molecule has 2 nitrogen and oxygen atoms in total. The Morgan fingerprint density at radius 3 is 2.65 bits per heavy atom. The minimum Gasteiger partial charge on any atom is -0.342 e. The average Bonchev–Trinajstić information content (AvgIpc) is 2.66.